The molecule has 0 spiro atoms. The molecule has 0 aliphatic rings. The molecule has 3 nitrogen and oxygen atoms in total. The molecule has 0 heterocycles. The molecule has 106 valence electrons. The lowest BCUT2D eigenvalue weighted by Gasteiger charge is -2.18. The average molecular weight is 295 g/mol. The van der Waals surface area contributed by atoms with E-state index in [0.717, 1.165) is 11.1 Å². The topological polar surface area (TPSA) is 47.3 Å². The van der Waals surface area contributed by atoms with Crippen molar-refractivity contribution in [2.75, 3.05) is 7.11 Å². The quantitative estimate of drug-likeness (QED) is 0.657. The number of ether oxygens (including phenoxy) is 1. The third-order valence-corrected chi connectivity index (χ3v) is 3.53. The Kier molecular flexibility index (Phi) is 4.95. The predicted molar refractivity (Wildman–Crippen MR) is 78.2 cm³/mol. The number of hydrogen-bond acceptors (Lipinski definition) is 3. The molecule has 2 rings (SSSR count). The van der Waals surface area contributed by atoms with Gasteiger partial charge in [-0.2, -0.15) is 0 Å². The SMILES string of the molecule is COc1cc(C(Cc2ccccc2Cl)NN)ccc1F. The van der Waals surface area contributed by atoms with Crippen LogP contribution in [0.1, 0.15) is 17.2 Å². The van der Waals surface area contributed by atoms with Gasteiger partial charge in [0.15, 0.2) is 11.6 Å². The highest BCUT2D eigenvalue weighted by atomic mass is 35.5. The van der Waals surface area contributed by atoms with E-state index in [-0.39, 0.29) is 11.8 Å². The Bertz CT molecular complexity index is 592. The van der Waals surface area contributed by atoms with E-state index in [9.17, 15) is 4.39 Å². The Hall–Kier alpha value is -1.62. The van der Waals surface area contributed by atoms with Crippen LogP contribution in [0, 0.1) is 5.82 Å². The summed E-state index contributed by atoms with van der Waals surface area (Å²) >= 11 is 6.14. The molecule has 0 aromatic heterocycles. The third kappa shape index (κ3) is 3.28. The van der Waals surface area contributed by atoms with Crippen LogP contribution in [-0.2, 0) is 6.42 Å². The highest BCUT2D eigenvalue weighted by molar-refractivity contribution is 6.31. The van der Waals surface area contributed by atoms with E-state index < -0.39 is 5.82 Å². The largest absolute Gasteiger partial charge is 0.494 e. The maximum atomic E-state index is 13.4. The highest BCUT2D eigenvalue weighted by Gasteiger charge is 2.14. The zero-order valence-electron chi connectivity index (χ0n) is 11.1. The van der Waals surface area contributed by atoms with E-state index in [0.29, 0.717) is 11.4 Å². The molecule has 0 fully saturated rings. The summed E-state index contributed by atoms with van der Waals surface area (Å²) in [6.45, 7) is 0. The molecule has 0 amide bonds. The minimum Gasteiger partial charge on any atom is -0.494 e. The van der Waals surface area contributed by atoms with Crippen molar-refractivity contribution < 1.29 is 9.13 Å². The Morgan fingerprint density at radius 1 is 1.30 bits per heavy atom. The van der Waals surface area contributed by atoms with Gasteiger partial charge in [-0.1, -0.05) is 35.9 Å². The molecule has 1 unspecified atom stereocenters. The van der Waals surface area contributed by atoms with Gasteiger partial charge in [0.2, 0.25) is 0 Å². The monoisotopic (exact) mass is 294 g/mol. The van der Waals surface area contributed by atoms with Crippen LogP contribution in [0.15, 0.2) is 42.5 Å². The second kappa shape index (κ2) is 6.70. The van der Waals surface area contributed by atoms with Gasteiger partial charge in [0.05, 0.1) is 13.2 Å². The average Bonchev–Trinajstić information content (AvgIpc) is 2.47. The van der Waals surface area contributed by atoms with Gasteiger partial charge in [-0.15, -0.1) is 0 Å². The lowest BCUT2D eigenvalue weighted by molar-refractivity contribution is 0.384. The van der Waals surface area contributed by atoms with Crippen molar-refractivity contribution in [3.8, 4) is 5.75 Å². The van der Waals surface area contributed by atoms with E-state index in [4.69, 9.17) is 22.2 Å². The van der Waals surface area contributed by atoms with Gasteiger partial charge in [0, 0.05) is 5.02 Å². The molecule has 2 aromatic carbocycles. The number of benzene rings is 2. The molecular formula is C15H16ClFN2O. The van der Waals surface area contributed by atoms with Crippen molar-refractivity contribution in [3.05, 3.63) is 64.4 Å². The smallest absolute Gasteiger partial charge is 0.165 e. The molecule has 0 aliphatic heterocycles. The molecular weight excluding hydrogens is 279 g/mol. The Labute approximate surface area is 122 Å². The van der Waals surface area contributed by atoms with E-state index in [1.807, 2.05) is 24.3 Å². The number of nitrogens with one attached hydrogen (secondary N) is 1. The first-order chi connectivity index (χ1) is 9.65. The van der Waals surface area contributed by atoms with E-state index in [1.54, 1.807) is 12.1 Å². The fourth-order valence-corrected chi connectivity index (χ4v) is 2.26. The van der Waals surface area contributed by atoms with Gasteiger partial charge in [-0.25, -0.2) is 4.39 Å². The fraction of sp³-hybridized carbons (Fsp3) is 0.200. The first-order valence-electron chi connectivity index (χ1n) is 6.18. The molecule has 5 heteroatoms. The van der Waals surface area contributed by atoms with Gasteiger partial charge >= 0.3 is 0 Å². The van der Waals surface area contributed by atoms with Crippen LogP contribution in [0.4, 0.5) is 4.39 Å². The van der Waals surface area contributed by atoms with Crippen LogP contribution in [0.5, 0.6) is 5.75 Å². The molecule has 20 heavy (non-hydrogen) atoms. The van der Waals surface area contributed by atoms with Crippen molar-refractivity contribution >= 4 is 11.6 Å². The second-order valence-corrected chi connectivity index (χ2v) is 4.82. The van der Waals surface area contributed by atoms with Gasteiger partial charge in [-0.3, -0.25) is 11.3 Å². The minimum absolute atomic E-state index is 0.176. The first kappa shape index (κ1) is 14.8. The molecule has 0 radical (unpaired) electrons. The van der Waals surface area contributed by atoms with Crippen LogP contribution in [0.2, 0.25) is 5.02 Å². The van der Waals surface area contributed by atoms with Crippen LogP contribution in [0.25, 0.3) is 0 Å². The maximum Gasteiger partial charge on any atom is 0.165 e. The summed E-state index contributed by atoms with van der Waals surface area (Å²) < 4.78 is 18.4. The Morgan fingerprint density at radius 2 is 2.05 bits per heavy atom. The first-order valence-corrected chi connectivity index (χ1v) is 6.56. The van der Waals surface area contributed by atoms with Crippen molar-refractivity contribution in [2.45, 2.75) is 12.5 Å². The van der Waals surface area contributed by atoms with Crippen LogP contribution >= 0.6 is 11.6 Å². The summed E-state index contributed by atoms with van der Waals surface area (Å²) in [5, 5.41) is 0.682. The molecule has 1 atom stereocenters. The van der Waals surface area contributed by atoms with Crippen molar-refractivity contribution in [1.82, 2.24) is 5.43 Å². The summed E-state index contributed by atoms with van der Waals surface area (Å²) in [6.07, 6.45) is 0.602. The molecule has 2 aromatic rings. The standard InChI is InChI=1S/C15H16ClFN2O/c1-20-15-9-11(6-7-13(15)17)14(19-18)8-10-4-2-3-5-12(10)16/h2-7,9,14,19H,8,18H2,1H3. The summed E-state index contributed by atoms with van der Waals surface area (Å²) in [7, 11) is 1.43. The van der Waals surface area contributed by atoms with Gasteiger partial charge in [0.25, 0.3) is 0 Å². The molecule has 0 saturated heterocycles. The molecule has 0 aliphatic carbocycles. The fourth-order valence-electron chi connectivity index (χ4n) is 2.05. The molecule has 3 N–H and O–H groups in total. The van der Waals surface area contributed by atoms with Crippen LogP contribution in [-0.4, -0.2) is 7.11 Å². The van der Waals surface area contributed by atoms with E-state index in [2.05, 4.69) is 5.43 Å². The molecule has 0 saturated carbocycles. The van der Waals surface area contributed by atoms with Crippen LogP contribution < -0.4 is 16.0 Å². The number of nitrogens with two attached hydrogens (primary N) is 1. The lowest BCUT2D eigenvalue weighted by Crippen LogP contribution is -2.29. The van der Waals surface area contributed by atoms with E-state index >= 15 is 0 Å². The number of halogens is 2. The number of hydrazine groups is 1. The Morgan fingerprint density at radius 3 is 2.70 bits per heavy atom. The van der Waals surface area contributed by atoms with Gasteiger partial charge < -0.3 is 4.74 Å². The van der Waals surface area contributed by atoms with Gasteiger partial charge in [-0.05, 0) is 35.7 Å². The number of rotatable bonds is 5. The lowest BCUT2D eigenvalue weighted by atomic mass is 9.99. The number of methoxy groups -OCH3 is 1. The van der Waals surface area contributed by atoms with Crippen molar-refractivity contribution in [1.29, 1.82) is 0 Å². The summed E-state index contributed by atoms with van der Waals surface area (Å²) in [5.41, 5.74) is 4.54. The third-order valence-electron chi connectivity index (χ3n) is 3.16. The zero-order valence-corrected chi connectivity index (χ0v) is 11.8. The maximum absolute atomic E-state index is 13.4. The van der Waals surface area contributed by atoms with Crippen LogP contribution in [0.3, 0.4) is 0 Å². The van der Waals surface area contributed by atoms with E-state index in [1.165, 1.54) is 13.2 Å². The van der Waals surface area contributed by atoms with Crippen molar-refractivity contribution in [2.24, 2.45) is 5.84 Å². The normalized spacial score (nSPS) is 12.2. The summed E-state index contributed by atoms with van der Waals surface area (Å²) in [6, 6.07) is 12.1. The molecule has 0 bridgehead atoms. The highest BCUT2D eigenvalue weighted by Crippen LogP contribution is 2.26. The van der Waals surface area contributed by atoms with Gasteiger partial charge in [0.1, 0.15) is 0 Å². The zero-order chi connectivity index (χ0) is 14.5. The second-order valence-electron chi connectivity index (χ2n) is 4.41. The number of hydrogen-bond donors (Lipinski definition) is 2. The summed E-state index contributed by atoms with van der Waals surface area (Å²) in [4.78, 5) is 0. The Balaban J connectivity index is 2.26. The summed E-state index contributed by atoms with van der Waals surface area (Å²) in [5.74, 6) is 5.40. The minimum atomic E-state index is -0.398. The predicted octanol–water partition coefficient (Wildman–Crippen LogP) is 3.23. The van der Waals surface area contributed by atoms with Crippen molar-refractivity contribution in [3.63, 3.8) is 0 Å².